The van der Waals surface area contributed by atoms with Crippen LogP contribution in [0.3, 0.4) is 0 Å². The van der Waals surface area contributed by atoms with E-state index in [-0.39, 0.29) is 6.04 Å². The van der Waals surface area contributed by atoms with Crippen LogP contribution in [0.25, 0.3) is 11.0 Å². The van der Waals surface area contributed by atoms with Crippen molar-refractivity contribution >= 4 is 27.0 Å². The molecule has 0 radical (unpaired) electrons. The monoisotopic (exact) mass is 321 g/mol. The van der Waals surface area contributed by atoms with Gasteiger partial charge in [0.2, 0.25) is 0 Å². The van der Waals surface area contributed by atoms with E-state index in [1.807, 2.05) is 0 Å². The van der Waals surface area contributed by atoms with E-state index in [4.69, 9.17) is 10.7 Å². The predicted octanol–water partition coefficient (Wildman–Crippen LogP) is 3.66. The van der Waals surface area contributed by atoms with Crippen molar-refractivity contribution in [2.75, 3.05) is 0 Å². The lowest BCUT2D eigenvalue weighted by Gasteiger charge is -2.16. The standard InChI is InChI=1S/C15H20BrN3/c1-9(2)12(17)8-15-18-13-7-10(16)3-6-14(13)19(15)11-4-5-11/h3,6-7,9,11-12H,4-5,8,17H2,1-2H3. The van der Waals surface area contributed by atoms with E-state index in [9.17, 15) is 0 Å². The van der Waals surface area contributed by atoms with Crippen molar-refractivity contribution in [1.82, 2.24) is 9.55 Å². The molecular weight excluding hydrogens is 302 g/mol. The summed E-state index contributed by atoms with van der Waals surface area (Å²) in [5.41, 5.74) is 8.55. The summed E-state index contributed by atoms with van der Waals surface area (Å²) in [4.78, 5) is 4.81. The first-order valence-electron chi connectivity index (χ1n) is 6.98. The lowest BCUT2D eigenvalue weighted by molar-refractivity contribution is 0.473. The molecule has 1 aromatic carbocycles. The molecule has 1 atom stereocenters. The fourth-order valence-electron chi connectivity index (χ4n) is 2.45. The van der Waals surface area contributed by atoms with Crippen molar-refractivity contribution < 1.29 is 0 Å². The maximum atomic E-state index is 6.23. The number of imidazole rings is 1. The topological polar surface area (TPSA) is 43.8 Å². The molecule has 3 rings (SSSR count). The van der Waals surface area contributed by atoms with Crippen LogP contribution in [0.4, 0.5) is 0 Å². The van der Waals surface area contributed by atoms with Gasteiger partial charge in [0.15, 0.2) is 0 Å². The quantitative estimate of drug-likeness (QED) is 0.933. The molecule has 0 saturated heterocycles. The summed E-state index contributed by atoms with van der Waals surface area (Å²) in [5, 5.41) is 0. The van der Waals surface area contributed by atoms with Gasteiger partial charge < -0.3 is 10.3 Å². The molecule has 1 aromatic heterocycles. The third kappa shape index (κ3) is 2.56. The van der Waals surface area contributed by atoms with E-state index >= 15 is 0 Å². The molecule has 1 fully saturated rings. The highest BCUT2D eigenvalue weighted by atomic mass is 79.9. The zero-order valence-corrected chi connectivity index (χ0v) is 13.0. The zero-order chi connectivity index (χ0) is 13.6. The van der Waals surface area contributed by atoms with E-state index in [0.29, 0.717) is 12.0 Å². The lowest BCUT2D eigenvalue weighted by atomic mass is 10.0. The number of nitrogens with two attached hydrogens (primary N) is 1. The molecule has 1 heterocycles. The van der Waals surface area contributed by atoms with Gasteiger partial charge in [-0.05, 0) is 37.0 Å². The average Bonchev–Trinajstić information content (AvgIpc) is 3.11. The summed E-state index contributed by atoms with van der Waals surface area (Å²) < 4.78 is 3.49. The van der Waals surface area contributed by atoms with Gasteiger partial charge in [-0.1, -0.05) is 29.8 Å². The highest BCUT2D eigenvalue weighted by molar-refractivity contribution is 9.10. The zero-order valence-electron chi connectivity index (χ0n) is 11.4. The van der Waals surface area contributed by atoms with Crippen molar-refractivity contribution in [2.24, 2.45) is 11.7 Å². The predicted molar refractivity (Wildman–Crippen MR) is 82.2 cm³/mol. The molecule has 19 heavy (non-hydrogen) atoms. The molecule has 4 heteroatoms. The number of fused-ring (bicyclic) bond motifs is 1. The van der Waals surface area contributed by atoms with Gasteiger partial charge in [0.05, 0.1) is 11.0 Å². The smallest absolute Gasteiger partial charge is 0.111 e. The van der Waals surface area contributed by atoms with Crippen molar-refractivity contribution in [2.45, 2.75) is 45.2 Å². The van der Waals surface area contributed by atoms with Gasteiger partial charge in [0.25, 0.3) is 0 Å². The Balaban J connectivity index is 2.04. The fraction of sp³-hybridized carbons (Fsp3) is 0.533. The Morgan fingerprint density at radius 1 is 1.42 bits per heavy atom. The average molecular weight is 322 g/mol. The van der Waals surface area contributed by atoms with E-state index in [2.05, 4.69) is 52.5 Å². The summed E-state index contributed by atoms with van der Waals surface area (Å²) in [6.45, 7) is 4.34. The van der Waals surface area contributed by atoms with Crippen molar-refractivity contribution in [1.29, 1.82) is 0 Å². The molecular formula is C15H20BrN3. The molecule has 3 nitrogen and oxygen atoms in total. The number of benzene rings is 1. The fourth-order valence-corrected chi connectivity index (χ4v) is 2.80. The summed E-state index contributed by atoms with van der Waals surface area (Å²) in [7, 11) is 0. The third-order valence-electron chi connectivity index (χ3n) is 3.91. The Bertz CT molecular complexity index is 599. The first-order valence-corrected chi connectivity index (χ1v) is 7.77. The van der Waals surface area contributed by atoms with Crippen LogP contribution < -0.4 is 5.73 Å². The van der Waals surface area contributed by atoms with Gasteiger partial charge in [0.1, 0.15) is 5.82 Å². The van der Waals surface area contributed by atoms with Crippen LogP contribution in [-0.4, -0.2) is 15.6 Å². The summed E-state index contributed by atoms with van der Waals surface area (Å²) in [5.74, 6) is 1.64. The molecule has 1 unspecified atom stereocenters. The molecule has 0 spiro atoms. The van der Waals surface area contributed by atoms with Crippen LogP contribution in [-0.2, 0) is 6.42 Å². The van der Waals surface area contributed by atoms with Crippen LogP contribution in [0.2, 0.25) is 0 Å². The number of nitrogens with zero attached hydrogens (tertiary/aromatic N) is 2. The van der Waals surface area contributed by atoms with Gasteiger partial charge in [-0.2, -0.15) is 0 Å². The second-order valence-electron chi connectivity index (χ2n) is 5.87. The Hall–Kier alpha value is -0.870. The van der Waals surface area contributed by atoms with Gasteiger partial charge in [-0.3, -0.25) is 0 Å². The Morgan fingerprint density at radius 2 is 2.16 bits per heavy atom. The van der Waals surface area contributed by atoms with Gasteiger partial charge in [-0.15, -0.1) is 0 Å². The molecule has 0 amide bonds. The lowest BCUT2D eigenvalue weighted by Crippen LogP contribution is -2.30. The molecule has 1 aliphatic rings. The van der Waals surface area contributed by atoms with Crippen LogP contribution in [0.1, 0.15) is 38.6 Å². The number of halogens is 1. The summed E-state index contributed by atoms with van der Waals surface area (Å²) >= 11 is 3.52. The van der Waals surface area contributed by atoms with Crippen LogP contribution in [0, 0.1) is 5.92 Å². The number of aromatic nitrogens is 2. The maximum Gasteiger partial charge on any atom is 0.111 e. The molecule has 0 bridgehead atoms. The molecule has 0 aliphatic heterocycles. The van der Waals surface area contributed by atoms with Crippen LogP contribution >= 0.6 is 15.9 Å². The highest BCUT2D eigenvalue weighted by Gasteiger charge is 2.28. The molecule has 1 saturated carbocycles. The summed E-state index contributed by atoms with van der Waals surface area (Å²) in [6, 6.07) is 7.17. The van der Waals surface area contributed by atoms with E-state index in [1.165, 1.54) is 18.4 Å². The molecule has 2 N–H and O–H groups in total. The largest absolute Gasteiger partial charge is 0.327 e. The van der Waals surface area contributed by atoms with Gasteiger partial charge in [0, 0.05) is 23.0 Å². The minimum atomic E-state index is 0.178. The van der Waals surface area contributed by atoms with E-state index in [0.717, 1.165) is 22.2 Å². The second kappa shape index (κ2) is 4.91. The Labute approximate surface area is 122 Å². The number of hydrogen-bond acceptors (Lipinski definition) is 2. The Kier molecular flexibility index (Phi) is 3.39. The minimum absolute atomic E-state index is 0.178. The second-order valence-corrected chi connectivity index (χ2v) is 6.79. The normalized spacial score (nSPS) is 17.3. The molecule has 2 aromatic rings. The molecule has 1 aliphatic carbocycles. The van der Waals surface area contributed by atoms with Crippen LogP contribution in [0.15, 0.2) is 22.7 Å². The minimum Gasteiger partial charge on any atom is -0.327 e. The highest BCUT2D eigenvalue weighted by Crippen LogP contribution is 2.39. The molecule has 102 valence electrons. The third-order valence-corrected chi connectivity index (χ3v) is 4.40. The van der Waals surface area contributed by atoms with Crippen molar-refractivity contribution in [3.05, 3.63) is 28.5 Å². The van der Waals surface area contributed by atoms with Gasteiger partial charge in [-0.25, -0.2) is 4.98 Å². The van der Waals surface area contributed by atoms with E-state index in [1.54, 1.807) is 0 Å². The Morgan fingerprint density at radius 3 is 2.79 bits per heavy atom. The van der Waals surface area contributed by atoms with Gasteiger partial charge >= 0.3 is 0 Å². The van der Waals surface area contributed by atoms with Crippen molar-refractivity contribution in [3.8, 4) is 0 Å². The first kappa shape index (κ1) is 13.1. The maximum absolute atomic E-state index is 6.23. The first-order chi connectivity index (χ1) is 9.06. The van der Waals surface area contributed by atoms with E-state index < -0.39 is 0 Å². The number of rotatable bonds is 4. The SMILES string of the molecule is CC(C)C(N)Cc1nc2cc(Br)ccc2n1C1CC1. The summed E-state index contributed by atoms with van der Waals surface area (Å²) in [6.07, 6.45) is 3.40. The van der Waals surface area contributed by atoms with Crippen molar-refractivity contribution in [3.63, 3.8) is 0 Å². The van der Waals surface area contributed by atoms with Crippen LogP contribution in [0.5, 0.6) is 0 Å². The number of hydrogen-bond donors (Lipinski definition) is 1.